The fourth-order valence-electron chi connectivity index (χ4n) is 3.37. The fraction of sp³-hybridized carbons (Fsp3) is 0.364. The van der Waals surface area contributed by atoms with E-state index in [9.17, 15) is 4.79 Å². The highest BCUT2D eigenvalue weighted by Gasteiger charge is 2.25. The predicted molar refractivity (Wildman–Crippen MR) is 125 cm³/mol. The Morgan fingerprint density at radius 1 is 1.07 bits per heavy atom. The number of carbonyl (C=O) groups excluding carboxylic acids is 1. The molecule has 0 spiro atoms. The molecule has 1 fully saturated rings. The highest BCUT2D eigenvalue weighted by Crippen LogP contribution is 2.26. The van der Waals surface area contributed by atoms with Gasteiger partial charge < -0.3 is 15.5 Å². The number of halogens is 1. The highest BCUT2D eigenvalue weighted by atomic mass is 127. The molecule has 1 atom stereocenters. The number of carbonyl (C=O) groups is 1. The summed E-state index contributed by atoms with van der Waals surface area (Å²) in [4.78, 5) is 19.0. The lowest BCUT2D eigenvalue weighted by Gasteiger charge is -2.21. The molecular weight excluding hydrogens is 463 g/mol. The highest BCUT2D eigenvalue weighted by molar-refractivity contribution is 14.0. The SMILES string of the molecule is CCNC(=NCC(=O)NCc1ccccc1)N1CCC(c2ccccc2)C1.I. The number of nitrogens with zero attached hydrogens (tertiary/aromatic N) is 2. The molecule has 2 aromatic rings. The second-order valence-corrected chi connectivity index (χ2v) is 6.77. The van der Waals surface area contributed by atoms with Gasteiger partial charge in [-0.15, -0.1) is 24.0 Å². The summed E-state index contributed by atoms with van der Waals surface area (Å²) in [5.41, 5.74) is 2.46. The van der Waals surface area contributed by atoms with Gasteiger partial charge in [0.15, 0.2) is 5.96 Å². The quantitative estimate of drug-likeness (QED) is 0.370. The van der Waals surface area contributed by atoms with E-state index < -0.39 is 0 Å². The van der Waals surface area contributed by atoms with Crippen molar-refractivity contribution in [3.8, 4) is 0 Å². The van der Waals surface area contributed by atoms with Crippen LogP contribution in [0.2, 0.25) is 0 Å². The van der Waals surface area contributed by atoms with Crippen molar-refractivity contribution in [3.63, 3.8) is 0 Å². The smallest absolute Gasteiger partial charge is 0.242 e. The first-order valence-corrected chi connectivity index (χ1v) is 9.65. The molecule has 1 saturated heterocycles. The Morgan fingerprint density at radius 2 is 1.75 bits per heavy atom. The van der Waals surface area contributed by atoms with Crippen molar-refractivity contribution in [1.82, 2.24) is 15.5 Å². The second kappa shape index (κ2) is 11.7. The van der Waals surface area contributed by atoms with Crippen LogP contribution in [-0.4, -0.2) is 42.9 Å². The molecule has 1 aliphatic heterocycles. The van der Waals surface area contributed by atoms with Crippen molar-refractivity contribution in [2.75, 3.05) is 26.2 Å². The van der Waals surface area contributed by atoms with Gasteiger partial charge in [-0.2, -0.15) is 0 Å². The van der Waals surface area contributed by atoms with Crippen molar-refractivity contribution in [3.05, 3.63) is 71.8 Å². The van der Waals surface area contributed by atoms with Crippen LogP contribution < -0.4 is 10.6 Å². The molecule has 2 aromatic carbocycles. The molecule has 28 heavy (non-hydrogen) atoms. The van der Waals surface area contributed by atoms with E-state index in [2.05, 4.69) is 57.8 Å². The third-order valence-corrected chi connectivity index (χ3v) is 4.80. The average molecular weight is 492 g/mol. The number of guanidine groups is 1. The van der Waals surface area contributed by atoms with E-state index in [0.717, 1.165) is 37.6 Å². The Morgan fingerprint density at radius 3 is 2.43 bits per heavy atom. The molecule has 2 N–H and O–H groups in total. The lowest BCUT2D eigenvalue weighted by atomic mass is 9.99. The van der Waals surface area contributed by atoms with Crippen LogP contribution in [0.15, 0.2) is 65.7 Å². The molecule has 150 valence electrons. The zero-order valence-corrected chi connectivity index (χ0v) is 18.6. The Kier molecular flexibility index (Phi) is 9.27. The maximum absolute atomic E-state index is 12.2. The third-order valence-electron chi connectivity index (χ3n) is 4.80. The Bertz CT molecular complexity index is 752. The van der Waals surface area contributed by atoms with E-state index in [0.29, 0.717) is 12.5 Å². The molecule has 3 rings (SSSR count). The normalized spacial score (nSPS) is 16.4. The minimum Gasteiger partial charge on any atom is -0.357 e. The average Bonchev–Trinajstić information content (AvgIpc) is 3.21. The summed E-state index contributed by atoms with van der Waals surface area (Å²) in [6.07, 6.45) is 1.11. The van der Waals surface area contributed by atoms with Crippen LogP contribution in [0.4, 0.5) is 0 Å². The van der Waals surface area contributed by atoms with Gasteiger partial charge in [-0.1, -0.05) is 60.7 Å². The minimum absolute atomic E-state index is 0. The standard InChI is InChI=1S/C22H28N4O.HI/c1-2-23-22(25-16-21(27)24-15-18-9-5-3-6-10-18)26-14-13-20(17-26)19-11-7-4-8-12-19;/h3-12,20H,2,13-17H2,1H3,(H,23,25)(H,24,27);1H. The van der Waals surface area contributed by atoms with E-state index in [4.69, 9.17) is 0 Å². The van der Waals surface area contributed by atoms with Crippen LogP contribution in [0.25, 0.3) is 0 Å². The lowest BCUT2D eigenvalue weighted by Crippen LogP contribution is -2.40. The molecule has 1 unspecified atom stereocenters. The molecule has 5 nitrogen and oxygen atoms in total. The van der Waals surface area contributed by atoms with Gasteiger partial charge in [0.1, 0.15) is 6.54 Å². The van der Waals surface area contributed by atoms with E-state index in [1.165, 1.54) is 5.56 Å². The van der Waals surface area contributed by atoms with Gasteiger partial charge in [0.05, 0.1) is 0 Å². The largest absolute Gasteiger partial charge is 0.357 e. The summed E-state index contributed by atoms with van der Waals surface area (Å²) in [5.74, 6) is 1.28. The molecule has 1 heterocycles. The van der Waals surface area contributed by atoms with Gasteiger partial charge in [-0.3, -0.25) is 4.79 Å². The maximum Gasteiger partial charge on any atom is 0.242 e. The number of benzene rings is 2. The van der Waals surface area contributed by atoms with Crippen LogP contribution in [-0.2, 0) is 11.3 Å². The van der Waals surface area contributed by atoms with Gasteiger partial charge >= 0.3 is 0 Å². The van der Waals surface area contributed by atoms with Crippen molar-refractivity contribution in [2.45, 2.75) is 25.8 Å². The summed E-state index contributed by atoms with van der Waals surface area (Å²) < 4.78 is 0. The zero-order chi connectivity index (χ0) is 18.9. The minimum atomic E-state index is -0.0620. The Balaban J connectivity index is 0.00000280. The van der Waals surface area contributed by atoms with Crippen molar-refractivity contribution < 1.29 is 4.79 Å². The summed E-state index contributed by atoms with van der Waals surface area (Å²) in [7, 11) is 0. The predicted octanol–water partition coefficient (Wildman–Crippen LogP) is 3.38. The first-order valence-electron chi connectivity index (χ1n) is 9.65. The fourth-order valence-corrected chi connectivity index (χ4v) is 3.37. The number of rotatable bonds is 6. The number of amides is 1. The summed E-state index contributed by atoms with van der Waals surface area (Å²) in [6, 6.07) is 20.5. The number of likely N-dealkylation sites (tertiary alicyclic amines) is 1. The number of nitrogens with one attached hydrogen (secondary N) is 2. The number of hydrogen-bond donors (Lipinski definition) is 2. The summed E-state index contributed by atoms with van der Waals surface area (Å²) >= 11 is 0. The summed E-state index contributed by atoms with van der Waals surface area (Å²) in [6.45, 7) is 5.40. The molecule has 0 radical (unpaired) electrons. The third kappa shape index (κ3) is 6.51. The van der Waals surface area contributed by atoms with Gasteiger partial charge in [0.25, 0.3) is 0 Å². The molecule has 1 aliphatic rings. The molecule has 0 bridgehead atoms. The zero-order valence-electron chi connectivity index (χ0n) is 16.3. The van der Waals surface area contributed by atoms with Gasteiger partial charge in [-0.05, 0) is 24.5 Å². The van der Waals surface area contributed by atoms with E-state index in [1.54, 1.807) is 0 Å². The monoisotopic (exact) mass is 492 g/mol. The van der Waals surface area contributed by atoms with E-state index in [1.807, 2.05) is 30.3 Å². The molecular formula is C22H29IN4O. The van der Waals surface area contributed by atoms with Crippen LogP contribution in [0.5, 0.6) is 0 Å². The van der Waals surface area contributed by atoms with Gasteiger partial charge in [-0.25, -0.2) is 4.99 Å². The number of hydrogen-bond acceptors (Lipinski definition) is 2. The van der Waals surface area contributed by atoms with E-state index in [-0.39, 0.29) is 36.4 Å². The molecule has 0 aliphatic carbocycles. The van der Waals surface area contributed by atoms with Crippen LogP contribution in [0.3, 0.4) is 0 Å². The topological polar surface area (TPSA) is 56.7 Å². The van der Waals surface area contributed by atoms with Crippen molar-refractivity contribution in [2.24, 2.45) is 4.99 Å². The van der Waals surface area contributed by atoms with Crippen LogP contribution in [0, 0.1) is 0 Å². The first kappa shape index (κ1) is 22.2. The molecule has 0 saturated carbocycles. The second-order valence-electron chi connectivity index (χ2n) is 6.77. The first-order chi connectivity index (χ1) is 13.3. The van der Waals surface area contributed by atoms with E-state index >= 15 is 0 Å². The van der Waals surface area contributed by atoms with Crippen molar-refractivity contribution >= 4 is 35.8 Å². The van der Waals surface area contributed by atoms with Gasteiger partial charge in [0, 0.05) is 32.1 Å². The van der Waals surface area contributed by atoms with Crippen LogP contribution >= 0.6 is 24.0 Å². The van der Waals surface area contributed by atoms with Gasteiger partial charge in [0.2, 0.25) is 5.91 Å². The molecule has 0 aromatic heterocycles. The molecule has 1 amide bonds. The summed E-state index contributed by atoms with van der Waals surface area (Å²) in [5, 5.41) is 6.25. The maximum atomic E-state index is 12.2. The van der Waals surface area contributed by atoms with Crippen LogP contribution in [0.1, 0.15) is 30.4 Å². The Hall–Kier alpha value is -2.09. The lowest BCUT2D eigenvalue weighted by molar-refractivity contribution is -0.119. The number of aliphatic imine (C=N–C) groups is 1. The van der Waals surface area contributed by atoms with Crippen molar-refractivity contribution in [1.29, 1.82) is 0 Å². The Labute approximate surface area is 184 Å². The molecule has 6 heteroatoms.